The van der Waals surface area contributed by atoms with Crippen LogP contribution >= 0.6 is 0 Å². The minimum absolute atomic E-state index is 0.309. The Bertz CT molecular complexity index is 775. The Morgan fingerprint density at radius 1 is 0.895 bits per heavy atom. The van der Waals surface area contributed by atoms with E-state index in [2.05, 4.69) is 37.8 Å². The van der Waals surface area contributed by atoms with Gasteiger partial charge in [0, 0.05) is 16.1 Å². The molecule has 3 rings (SSSR count). The van der Waals surface area contributed by atoms with E-state index in [1.807, 2.05) is 18.2 Å². The maximum absolute atomic E-state index is 10.1. The molecule has 0 bridgehead atoms. The lowest BCUT2D eigenvalue weighted by Gasteiger charge is -2.16. The molecule has 3 aromatic rings. The van der Waals surface area contributed by atoms with Crippen molar-refractivity contribution in [3.8, 4) is 5.75 Å². The quantitative estimate of drug-likeness (QED) is 0.539. The molecule has 19 heavy (non-hydrogen) atoms. The van der Waals surface area contributed by atoms with Gasteiger partial charge in [0.1, 0.15) is 13.8 Å². The lowest BCUT2D eigenvalue weighted by atomic mass is 10.1. The van der Waals surface area contributed by atoms with Gasteiger partial charge in [-0.25, -0.2) is 0 Å². The summed E-state index contributed by atoms with van der Waals surface area (Å²) in [5, 5.41) is 14.3. The first-order valence-electron chi connectivity index (χ1n) is 6.49. The van der Waals surface area contributed by atoms with Crippen molar-refractivity contribution >= 4 is 35.1 Å². The van der Waals surface area contributed by atoms with E-state index in [1.54, 1.807) is 6.07 Å². The summed E-state index contributed by atoms with van der Waals surface area (Å²) < 4.78 is 0. The summed E-state index contributed by atoms with van der Waals surface area (Å²) in [6, 6.07) is 13.9. The average Bonchev–Trinajstić information content (AvgIpc) is 2.37. The molecular formula is C16H17NOSi. The van der Waals surface area contributed by atoms with Gasteiger partial charge in [0.2, 0.25) is 0 Å². The smallest absolute Gasteiger partial charge is 0.125 e. The Morgan fingerprint density at radius 2 is 1.58 bits per heavy atom. The van der Waals surface area contributed by atoms with Crippen LogP contribution in [0.15, 0.2) is 42.5 Å². The lowest BCUT2D eigenvalue weighted by Crippen LogP contribution is -2.39. The molecule has 0 unspecified atom stereocenters. The van der Waals surface area contributed by atoms with Gasteiger partial charge in [0.05, 0.1) is 5.52 Å². The molecule has 0 fully saturated rings. The molecular weight excluding hydrogens is 250 g/mol. The van der Waals surface area contributed by atoms with Crippen LogP contribution in [-0.4, -0.2) is 18.2 Å². The van der Waals surface area contributed by atoms with Gasteiger partial charge in [0.25, 0.3) is 0 Å². The highest BCUT2D eigenvalue weighted by Crippen LogP contribution is 2.30. The third-order valence-corrected chi connectivity index (χ3v) is 5.26. The summed E-state index contributed by atoms with van der Waals surface area (Å²) in [6.07, 6.45) is 0. The fourth-order valence-electron chi connectivity index (χ4n) is 2.36. The third kappa shape index (κ3) is 2.00. The van der Waals surface area contributed by atoms with Crippen LogP contribution in [-0.2, 0) is 0 Å². The highest BCUT2D eigenvalue weighted by atomic mass is 28.3. The van der Waals surface area contributed by atoms with Gasteiger partial charge >= 0.3 is 0 Å². The van der Waals surface area contributed by atoms with E-state index in [9.17, 15) is 5.11 Å². The Kier molecular flexibility index (Phi) is 2.61. The zero-order valence-electron chi connectivity index (χ0n) is 11.4. The molecule has 0 spiro atoms. The number of hydrogen-bond donors (Lipinski definition) is 1. The van der Waals surface area contributed by atoms with Crippen LogP contribution in [0.3, 0.4) is 0 Å². The first-order valence-corrected chi connectivity index (χ1v) is 9.99. The number of hydrogen-bond acceptors (Lipinski definition) is 2. The Morgan fingerprint density at radius 3 is 2.32 bits per heavy atom. The van der Waals surface area contributed by atoms with Crippen LogP contribution in [0.4, 0.5) is 0 Å². The molecule has 0 aliphatic carbocycles. The number of phenols is 1. The first kappa shape index (κ1) is 12.2. The molecule has 0 aliphatic heterocycles. The number of rotatable bonds is 1. The molecule has 3 heteroatoms. The fraction of sp³-hybridized carbons (Fsp3) is 0.188. The maximum atomic E-state index is 10.1. The molecule has 1 aromatic heterocycles. The second-order valence-corrected chi connectivity index (χ2v) is 11.0. The van der Waals surface area contributed by atoms with E-state index < -0.39 is 8.07 Å². The van der Waals surface area contributed by atoms with Gasteiger partial charge in [-0.2, -0.15) is 0 Å². The molecule has 0 radical (unpaired) electrons. The first-order chi connectivity index (χ1) is 8.97. The topological polar surface area (TPSA) is 33.1 Å². The average molecular weight is 267 g/mol. The van der Waals surface area contributed by atoms with Crippen LogP contribution in [0.25, 0.3) is 21.7 Å². The van der Waals surface area contributed by atoms with Crippen molar-refractivity contribution in [1.29, 1.82) is 0 Å². The molecule has 0 saturated heterocycles. The second kappa shape index (κ2) is 4.07. The van der Waals surface area contributed by atoms with E-state index >= 15 is 0 Å². The number of benzene rings is 2. The molecule has 0 atom stereocenters. The van der Waals surface area contributed by atoms with Crippen molar-refractivity contribution < 1.29 is 5.11 Å². The van der Waals surface area contributed by atoms with E-state index in [-0.39, 0.29) is 0 Å². The van der Waals surface area contributed by atoms with Crippen LogP contribution in [0.1, 0.15) is 0 Å². The molecule has 2 aromatic carbocycles. The number of nitrogens with zero attached hydrogens (tertiary/aromatic N) is 1. The molecule has 1 heterocycles. The second-order valence-electron chi connectivity index (χ2n) is 5.96. The Labute approximate surface area is 113 Å². The van der Waals surface area contributed by atoms with E-state index in [0.29, 0.717) is 5.75 Å². The maximum Gasteiger partial charge on any atom is 0.125 e. The molecule has 96 valence electrons. The number of pyridine rings is 1. The summed E-state index contributed by atoms with van der Waals surface area (Å²) in [4.78, 5) is 4.84. The molecule has 0 amide bonds. The van der Waals surface area contributed by atoms with Gasteiger partial charge in [-0.1, -0.05) is 50.0 Å². The predicted octanol–water partition coefficient (Wildman–Crippen LogP) is 3.64. The highest BCUT2D eigenvalue weighted by Gasteiger charge is 2.19. The van der Waals surface area contributed by atoms with Crippen molar-refractivity contribution in [3.05, 3.63) is 42.5 Å². The lowest BCUT2D eigenvalue weighted by molar-refractivity contribution is 0.482. The Balaban J connectivity index is 2.46. The van der Waals surface area contributed by atoms with Crippen LogP contribution in [0.2, 0.25) is 19.6 Å². The van der Waals surface area contributed by atoms with E-state index in [1.165, 1.54) is 5.32 Å². The largest absolute Gasteiger partial charge is 0.507 e. The van der Waals surface area contributed by atoms with Gasteiger partial charge in [0.15, 0.2) is 0 Å². The SMILES string of the molecule is C[Si](C)(C)c1ccc2ccc3cccc(O)c3c2n1. The summed E-state index contributed by atoms with van der Waals surface area (Å²) in [7, 11) is -1.45. The summed E-state index contributed by atoms with van der Waals surface area (Å²) in [6.45, 7) is 6.85. The minimum atomic E-state index is -1.45. The van der Waals surface area contributed by atoms with Crippen molar-refractivity contribution in [2.45, 2.75) is 19.6 Å². The van der Waals surface area contributed by atoms with Gasteiger partial charge in [-0.3, -0.25) is 4.98 Å². The fourth-order valence-corrected chi connectivity index (χ4v) is 3.39. The standard InChI is InChI=1S/C16H17NOSi/c1-19(2,3)14-10-9-12-8-7-11-5-4-6-13(18)15(11)16(12)17-14/h4-10,18H,1-3H3. The normalized spacial score (nSPS) is 12.2. The zero-order chi connectivity index (χ0) is 13.6. The van der Waals surface area contributed by atoms with Crippen molar-refractivity contribution in [2.75, 3.05) is 0 Å². The van der Waals surface area contributed by atoms with Gasteiger partial charge in [-0.15, -0.1) is 0 Å². The summed E-state index contributed by atoms with van der Waals surface area (Å²) in [5.41, 5.74) is 0.913. The highest BCUT2D eigenvalue weighted by molar-refractivity contribution is 6.88. The van der Waals surface area contributed by atoms with Gasteiger partial charge in [-0.05, 0) is 17.5 Å². The molecule has 1 N–H and O–H groups in total. The van der Waals surface area contributed by atoms with Crippen LogP contribution < -0.4 is 5.32 Å². The number of aromatic hydroxyl groups is 1. The van der Waals surface area contributed by atoms with Crippen molar-refractivity contribution in [2.24, 2.45) is 0 Å². The Hall–Kier alpha value is -1.87. The van der Waals surface area contributed by atoms with Crippen LogP contribution in [0.5, 0.6) is 5.75 Å². The minimum Gasteiger partial charge on any atom is -0.507 e. The van der Waals surface area contributed by atoms with Crippen LogP contribution in [0, 0.1) is 0 Å². The molecule has 0 saturated carbocycles. The number of phenolic OH excluding ortho intramolecular Hbond substituents is 1. The van der Waals surface area contributed by atoms with Gasteiger partial charge < -0.3 is 5.11 Å². The summed E-state index contributed by atoms with van der Waals surface area (Å²) >= 11 is 0. The van der Waals surface area contributed by atoms with E-state index in [0.717, 1.165) is 21.7 Å². The molecule has 2 nitrogen and oxygen atoms in total. The van der Waals surface area contributed by atoms with E-state index in [4.69, 9.17) is 4.98 Å². The monoisotopic (exact) mass is 267 g/mol. The summed E-state index contributed by atoms with van der Waals surface area (Å²) in [5.74, 6) is 0.309. The zero-order valence-corrected chi connectivity index (χ0v) is 12.4. The third-order valence-electron chi connectivity index (χ3n) is 3.45. The number of aromatic nitrogens is 1. The molecule has 0 aliphatic rings. The van der Waals surface area contributed by atoms with Crippen molar-refractivity contribution in [1.82, 2.24) is 4.98 Å². The number of fused-ring (bicyclic) bond motifs is 3. The van der Waals surface area contributed by atoms with Crippen molar-refractivity contribution in [3.63, 3.8) is 0 Å². The predicted molar refractivity (Wildman–Crippen MR) is 83.9 cm³/mol.